The molecule has 0 saturated heterocycles. The lowest BCUT2D eigenvalue weighted by Gasteiger charge is -2.23. The first-order valence-corrected chi connectivity index (χ1v) is 11.1. The fraction of sp³-hybridized carbons (Fsp3) is 0.304. The first-order valence-electron chi connectivity index (χ1n) is 10.7. The zero-order valence-corrected chi connectivity index (χ0v) is 19.8. The highest BCUT2D eigenvalue weighted by Gasteiger charge is 2.43. The number of amides is 1. The Kier molecular flexibility index (Phi) is 6.73. The van der Waals surface area contributed by atoms with Gasteiger partial charge in [-0.15, -0.1) is 0 Å². The zero-order chi connectivity index (χ0) is 25.4. The molecule has 1 unspecified atom stereocenters. The normalized spacial score (nSPS) is 17.8. The second-order valence-electron chi connectivity index (χ2n) is 8.48. The Balaban J connectivity index is 0.000000917. The number of hydrogen-bond donors (Lipinski definition) is 3. The Morgan fingerprint density at radius 2 is 2.09 bits per heavy atom. The number of aromatic nitrogens is 4. The van der Waals surface area contributed by atoms with Crippen molar-refractivity contribution in [2.24, 2.45) is 5.92 Å². The largest absolute Gasteiger partial charge is 0.483 e. The Labute approximate surface area is 203 Å². The van der Waals surface area contributed by atoms with Crippen LogP contribution in [0.4, 0.5) is 14.6 Å². The van der Waals surface area contributed by atoms with Gasteiger partial charge in [0.05, 0.1) is 28.9 Å². The summed E-state index contributed by atoms with van der Waals surface area (Å²) in [5.74, 6) is -1.15. The van der Waals surface area contributed by atoms with Crippen molar-refractivity contribution in [2.75, 3.05) is 19.4 Å². The molecule has 3 atom stereocenters. The van der Waals surface area contributed by atoms with Crippen LogP contribution in [0.2, 0.25) is 5.02 Å². The van der Waals surface area contributed by atoms with E-state index in [1.165, 1.54) is 0 Å². The molecule has 0 spiro atoms. The third kappa shape index (κ3) is 4.56. The van der Waals surface area contributed by atoms with Crippen molar-refractivity contribution in [1.82, 2.24) is 24.5 Å². The summed E-state index contributed by atoms with van der Waals surface area (Å²) in [4.78, 5) is 26.6. The molecule has 1 aromatic carbocycles. The van der Waals surface area contributed by atoms with Crippen LogP contribution in [0.5, 0.6) is 0 Å². The number of imidazole rings is 1. The number of anilines is 1. The van der Waals surface area contributed by atoms with E-state index in [1.54, 1.807) is 35.1 Å². The van der Waals surface area contributed by atoms with E-state index in [1.807, 2.05) is 25.9 Å². The summed E-state index contributed by atoms with van der Waals surface area (Å²) >= 11 is 6.55. The van der Waals surface area contributed by atoms with E-state index >= 15 is 4.39 Å². The number of benzene rings is 1. The maximum Gasteiger partial charge on any atom is 0.290 e. The van der Waals surface area contributed by atoms with Crippen LogP contribution in [0.1, 0.15) is 24.9 Å². The standard InChI is InChI=1S/C22H21ClF2N6O.CH2O2/c1-10(30(2)3)17-20(25)19(23)18(13-7-26-29-21(13)17)11-4-5-16-27-15(9-31(16)8-11)28-22(32)12-6-14(12)24;2-1-3/h4-5,7-10,12,14H,6H2,1-3H3,(H,26,29)(H,28,32);1H,(H,2,3)/t10?,12-,14+;/m1./s1. The van der Waals surface area contributed by atoms with Gasteiger partial charge in [-0.2, -0.15) is 5.10 Å². The van der Waals surface area contributed by atoms with Gasteiger partial charge in [-0.25, -0.2) is 13.8 Å². The molecule has 1 saturated carbocycles. The lowest BCUT2D eigenvalue weighted by atomic mass is 9.96. The highest BCUT2D eigenvalue weighted by atomic mass is 35.5. The van der Waals surface area contributed by atoms with E-state index in [9.17, 15) is 9.18 Å². The smallest absolute Gasteiger partial charge is 0.290 e. The number of nitrogens with one attached hydrogen (secondary N) is 2. The van der Waals surface area contributed by atoms with E-state index in [2.05, 4.69) is 20.5 Å². The molecular weight excluding hydrogens is 482 g/mol. The van der Waals surface area contributed by atoms with Gasteiger partial charge in [-0.3, -0.25) is 14.7 Å². The zero-order valence-electron chi connectivity index (χ0n) is 19.1. The van der Waals surface area contributed by atoms with Gasteiger partial charge in [0.1, 0.15) is 17.6 Å². The second-order valence-corrected chi connectivity index (χ2v) is 8.86. The number of hydrogen-bond acceptors (Lipinski definition) is 5. The number of alkyl halides is 1. The van der Waals surface area contributed by atoms with Crippen LogP contribution in [-0.4, -0.2) is 62.2 Å². The van der Waals surface area contributed by atoms with Crippen LogP contribution in [0, 0.1) is 11.7 Å². The molecule has 1 amide bonds. The number of pyridine rings is 1. The third-order valence-electron chi connectivity index (χ3n) is 6.06. The van der Waals surface area contributed by atoms with Crippen molar-refractivity contribution < 1.29 is 23.5 Å². The number of carboxylic acid groups (broad SMARTS) is 1. The second kappa shape index (κ2) is 9.59. The van der Waals surface area contributed by atoms with Gasteiger partial charge in [-0.1, -0.05) is 11.6 Å². The van der Waals surface area contributed by atoms with Gasteiger partial charge in [-0.05, 0) is 39.6 Å². The molecule has 12 heteroatoms. The SMILES string of the molecule is CC(c1c(F)c(Cl)c(-c2ccc3nc(NC(=O)[C@@H]4C[C@@H]4F)cn3c2)c2cn[nH]c12)N(C)C.O=CO. The van der Waals surface area contributed by atoms with Crippen molar-refractivity contribution in [3.05, 3.63) is 47.1 Å². The molecule has 1 aliphatic carbocycles. The number of rotatable bonds is 5. The van der Waals surface area contributed by atoms with Crippen LogP contribution in [0.3, 0.4) is 0 Å². The van der Waals surface area contributed by atoms with E-state index < -0.39 is 17.9 Å². The van der Waals surface area contributed by atoms with Crippen molar-refractivity contribution in [3.8, 4) is 11.1 Å². The summed E-state index contributed by atoms with van der Waals surface area (Å²) < 4.78 is 30.3. The minimum atomic E-state index is -1.08. The highest BCUT2D eigenvalue weighted by Crippen LogP contribution is 2.41. The van der Waals surface area contributed by atoms with Crippen LogP contribution in [0.15, 0.2) is 30.7 Å². The van der Waals surface area contributed by atoms with E-state index in [0.717, 1.165) is 0 Å². The molecule has 3 heterocycles. The lowest BCUT2D eigenvalue weighted by molar-refractivity contribution is -0.123. The predicted molar refractivity (Wildman–Crippen MR) is 128 cm³/mol. The summed E-state index contributed by atoms with van der Waals surface area (Å²) in [5.41, 5.74) is 2.80. The molecule has 0 bridgehead atoms. The first-order chi connectivity index (χ1) is 16.7. The van der Waals surface area contributed by atoms with Gasteiger partial charge in [0.15, 0.2) is 5.82 Å². The van der Waals surface area contributed by atoms with Gasteiger partial charge in [0, 0.05) is 34.3 Å². The van der Waals surface area contributed by atoms with Gasteiger partial charge in [0.2, 0.25) is 5.91 Å². The Hall–Kier alpha value is -3.57. The van der Waals surface area contributed by atoms with Crippen LogP contribution in [0.25, 0.3) is 27.7 Å². The summed E-state index contributed by atoms with van der Waals surface area (Å²) in [6, 6.07) is 3.31. The van der Waals surface area contributed by atoms with Crippen LogP contribution in [-0.2, 0) is 9.59 Å². The molecule has 1 fully saturated rings. The number of carbonyl (C=O) groups excluding carboxylic acids is 1. The van der Waals surface area contributed by atoms with Gasteiger partial charge in [0.25, 0.3) is 6.47 Å². The molecule has 3 N–H and O–H groups in total. The quantitative estimate of drug-likeness (QED) is 0.349. The van der Waals surface area contributed by atoms with E-state index in [-0.39, 0.29) is 29.9 Å². The minimum Gasteiger partial charge on any atom is -0.483 e. The number of aromatic amines is 1. The lowest BCUT2D eigenvalue weighted by Crippen LogP contribution is -2.18. The van der Waals surface area contributed by atoms with E-state index in [0.29, 0.717) is 39.1 Å². The minimum absolute atomic E-state index is 0.0123. The monoisotopic (exact) mass is 504 g/mol. The Morgan fingerprint density at radius 3 is 2.71 bits per heavy atom. The van der Waals surface area contributed by atoms with Crippen molar-refractivity contribution in [3.63, 3.8) is 0 Å². The van der Waals surface area contributed by atoms with Crippen molar-refractivity contribution in [2.45, 2.75) is 25.6 Å². The van der Waals surface area contributed by atoms with Gasteiger partial charge >= 0.3 is 0 Å². The van der Waals surface area contributed by atoms with Crippen molar-refractivity contribution >= 4 is 46.3 Å². The molecule has 3 aromatic heterocycles. The molecular formula is C23H23ClF2N6O3. The summed E-state index contributed by atoms with van der Waals surface area (Å²) in [6.07, 6.45) is 4.19. The number of carbonyl (C=O) groups is 2. The molecule has 5 rings (SSSR count). The fourth-order valence-electron chi connectivity index (χ4n) is 3.92. The highest BCUT2D eigenvalue weighted by molar-refractivity contribution is 6.35. The number of H-pyrrole nitrogens is 1. The molecule has 35 heavy (non-hydrogen) atoms. The summed E-state index contributed by atoms with van der Waals surface area (Å²) in [7, 11) is 3.74. The van der Waals surface area contributed by atoms with Crippen LogP contribution >= 0.6 is 11.6 Å². The average molecular weight is 505 g/mol. The number of halogens is 3. The third-order valence-corrected chi connectivity index (χ3v) is 6.41. The topological polar surface area (TPSA) is 116 Å². The molecule has 1 aliphatic rings. The Morgan fingerprint density at radius 1 is 1.40 bits per heavy atom. The predicted octanol–water partition coefficient (Wildman–Crippen LogP) is 4.29. The summed E-state index contributed by atoms with van der Waals surface area (Å²) in [5, 5.41) is 17.3. The average Bonchev–Trinajstić information content (AvgIpc) is 3.17. The number of nitrogens with zero attached hydrogens (tertiary/aromatic N) is 4. The van der Waals surface area contributed by atoms with E-state index in [4.69, 9.17) is 21.5 Å². The fourth-order valence-corrected chi connectivity index (χ4v) is 4.24. The maximum absolute atomic E-state index is 15.4. The summed E-state index contributed by atoms with van der Waals surface area (Å²) in [6.45, 7) is 1.65. The van der Waals surface area contributed by atoms with Gasteiger partial charge < -0.3 is 19.7 Å². The number of fused-ring (bicyclic) bond motifs is 2. The van der Waals surface area contributed by atoms with Crippen LogP contribution < -0.4 is 5.32 Å². The first kappa shape index (κ1) is 24.6. The van der Waals surface area contributed by atoms with Crippen molar-refractivity contribution in [1.29, 1.82) is 0 Å². The molecule has 0 aliphatic heterocycles. The Bertz CT molecular complexity index is 1420. The molecule has 4 aromatic rings. The maximum atomic E-state index is 15.4. The molecule has 9 nitrogen and oxygen atoms in total. The molecule has 0 radical (unpaired) electrons. The molecule has 184 valence electrons.